The summed E-state index contributed by atoms with van der Waals surface area (Å²) < 4.78 is 0. The number of nitrogens with one attached hydrogen (secondary N) is 1. The molecule has 0 aliphatic carbocycles. The van der Waals surface area contributed by atoms with Gasteiger partial charge in [0.2, 0.25) is 5.91 Å². The summed E-state index contributed by atoms with van der Waals surface area (Å²) in [5.41, 5.74) is 0. The number of carbonyl (C=O) groups is 1. The van der Waals surface area contributed by atoms with E-state index in [0.717, 1.165) is 58.7 Å². The van der Waals surface area contributed by atoms with Gasteiger partial charge in [-0.15, -0.1) is 0 Å². The second kappa shape index (κ2) is 6.33. The van der Waals surface area contributed by atoms with E-state index in [1.807, 2.05) is 4.90 Å². The van der Waals surface area contributed by atoms with E-state index in [1.54, 1.807) is 0 Å². The van der Waals surface area contributed by atoms with Gasteiger partial charge in [-0.3, -0.25) is 4.79 Å². The lowest BCUT2D eigenvalue weighted by atomic mass is 9.95. The molecule has 2 aliphatic heterocycles. The van der Waals surface area contributed by atoms with Crippen LogP contribution in [0.3, 0.4) is 0 Å². The van der Waals surface area contributed by atoms with Gasteiger partial charge in [0.1, 0.15) is 0 Å². The second-order valence-corrected chi connectivity index (χ2v) is 4.91. The summed E-state index contributed by atoms with van der Waals surface area (Å²) in [7, 11) is 0. The standard InChI is InChI=1S/C12H23N3O2/c16-10-9-14-5-1-11(2-6-14)12(17)15-7-3-13-4-8-15/h11,13,16H,1-10H2. The van der Waals surface area contributed by atoms with Crippen molar-refractivity contribution in [1.29, 1.82) is 0 Å². The molecule has 0 saturated carbocycles. The minimum atomic E-state index is 0.211. The molecule has 0 radical (unpaired) electrons. The van der Waals surface area contributed by atoms with Gasteiger partial charge >= 0.3 is 0 Å². The fourth-order valence-corrected chi connectivity index (χ4v) is 2.69. The number of aliphatic hydroxyl groups excluding tert-OH is 1. The molecule has 98 valence electrons. The van der Waals surface area contributed by atoms with Crippen LogP contribution in [0.25, 0.3) is 0 Å². The number of aliphatic hydroxyl groups is 1. The number of rotatable bonds is 3. The topological polar surface area (TPSA) is 55.8 Å². The first-order valence-corrected chi connectivity index (χ1v) is 6.64. The van der Waals surface area contributed by atoms with Crippen LogP contribution in [0.1, 0.15) is 12.8 Å². The molecule has 0 bridgehead atoms. The van der Waals surface area contributed by atoms with Crippen molar-refractivity contribution in [2.24, 2.45) is 5.92 Å². The highest BCUT2D eigenvalue weighted by molar-refractivity contribution is 5.79. The Morgan fingerprint density at radius 3 is 2.41 bits per heavy atom. The van der Waals surface area contributed by atoms with Crippen molar-refractivity contribution >= 4 is 5.91 Å². The number of piperidine rings is 1. The molecule has 0 unspecified atom stereocenters. The van der Waals surface area contributed by atoms with Gasteiger partial charge in [0.15, 0.2) is 0 Å². The van der Waals surface area contributed by atoms with Crippen LogP contribution in [0.5, 0.6) is 0 Å². The van der Waals surface area contributed by atoms with Gasteiger partial charge in [0, 0.05) is 38.6 Å². The van der Waals surface area contributed by atoms with Crippen molar-refractivity contribution in [2.75, 3.05) is 52.4 Å². The Balaban J connectivity index is 1.77. The maximum absolute atomic E-state index is 12.2. The SMILES string of the molecule is O=C(C1CCN(CCO)CC1)N1CCNCC1. The molecule has 0 spiro atoms. The smallest absolute Gasteiger partial charge is 0.225 e. The zero-order valence-electron chi connectivity index (χ0n) is 10.4. The van der Waals surface area contributed by atoms with Gasteiger partial charge in [-0.2, -0.15) is 0 Å². The third kappa shape index (κ3) is 3.40. The average molecular weight is 241 g/mol. The van der Waals surface area contributed by atoms with Crippen LogP contribution in [0.2, 0.25) is 0 Å². The zero-order valence-corrected chi connectivity index (χ0v) is 10.4. The quantitative estimate of drug-likeness (QED) is 0.674. The molecule has 0 aromatic carbocycles. The fourth-order valence-electron chi connectivity index (χ4n) is 2.69. The van der Waals surface area contributed by atoms with E-state index in [-0.39, 0.29) is 12.5 Å². The van der Waals surface area contributed by atoms with Gasteiger partial charge in [-0.1, -0.05) is 0 Å². The number of nitrogens with zero attached hydrogens (tertiary/aromatic N) is 2. The number of piperazine rings is 1. The minimum absolute atomic E-state index is 0.211. The van der Waals surface area contributed by atoms with Crippen molar-refractivity contribution in [3.63, 3.8) is 0 Å². The van der Waals surface area contributed by atoms with Crippen LogP contribution in [-0.4, -0.2) is 73.2 Å². The zero-order chi connectivity index (χ0) is 12.1. The lowest BCUT2D eigenvalue weighted by Gasteiger charge is -2.35. The largest absolute Gasteiger partial charge is 0.395 e. The molecular weight excluding hydrogens is 218 g/mol. The number of hydrogen-bond acceptors (Lipinski definition) is 4. The second-order valence-electron chi connectivity index (χ2n) is 4.91. The molecule has 5 nitrogen and oxygen atoms in total. The molecule has 2 heterocycles. The normalized spacial score (nSPS) is 23.9. The van der Waals surface area contributed by atoms with Crippen LogP contribution in [0, 0.1) is 5.92 Å². The average Bonchev–Trinajstić information content (AvgIpc) is 2.40. The van der Waals surface area contributed by atoms with E-state index >= 15 is 0 Å². The highest BCUT2D eigenvalue weighted by Crippen LogP contribution is 2.19. The molecule has 0 atom stereocenters. The Morgan fingerprint density at radius 1 is 1.18 bits per heavy atom. The summed E-state index contributed by atoms with van der Waals surface area (Å²) in [6.07, 6.45) is 1.89. The van der Waals surface area contributed by atoms with Crippen LogP contribution in [0.15, 0.2) is 0 Å². The van der Waals surface area contributed by atoms with Gasteiger partial charge in [0.25, 0.3) is 0 Å². The summed E-state index contributed by atoms with van der Waals surface area (Å²) in [5, 5.41) is 12.1. The Morgan fingerprint density at radius 2 is 1.82 bits per heavy atom. The van der Waals surface area contributed by atoms with Crippen LogP contribution < -0.4 is 5.32 Å². The van der Waals surface area contributed by atoms with E-state index in [0.29, 0.717) is 5.91 Å². The number of amides is 1. The van der Waals surface area contributed by atoms with Crippen molar-refractivity contribution in [1.82, 2.24) is 15.1 Å². The van der Waals surface area contributed by atoms with E-state index in [4.69, 9.17) is 5.11 Å². The molecule has 2 rings (SSSR count). The molecule has 17 heavy (non-hydrogen) atoms. The Bertz CT molecular complexity index is 246. The van der Waals surface area contributed by atoms with Gasteiger partial charge in [-0.05, 0) is 25.9 Å². The molecule has 0 aromatic heterocycles. The van der Waals surface area contributed by atoms with E-state index < -0.39 is 0 Å². The highest BCUT2D eigenvalue weighted by atomic mass is 16.3. The molecule has 1 amide bonds. The lowest BCUT2D eigenvalue weighted by molar-refractivity contribution is -0.137. The monoisotopic (exact) mass is 241 g/mol. The maximum Gasteiger partial charge on any atom is 0.225 e. The molecule has 2 saturated heterocycles. The summed E-state index contributed by atoms with van der Waals surface area (Å²) in [5.74, 6) is 0.554. The van der Waals surface area contributed by atoms with Crippen LogP contribution >= 0.6 is 0 Å². The number of carbonyl (C=O) groups excluding carboxylic acids is 1. The molecule has 2 fully saturated rings. The number of hydrogen-bond donors (Lipinski definition) is 2. The van der Waals surface area contributed by atoms with Crippen molar-refractivity contribution in [2.45, 2.75) is 12.8 Å². The predicted octanol–water partition coefficient (Wildman–Crippen LogP) is -0.877. The summed E-state index contributed by atoms with van der Waals surface area (Å²) in [6.45, 7) is 6.42. The maximum atomic E-state index is 12.2. The summed E-state index contributed by atoms with van der Waals surface area (Å²) in [4.78, 5) is 16.5. The summed E-state index contributed by atoms with van der Waals surface area (Å²) in [6, 6.07) is 0. The number of β-amino-alcohol motifs (C(OH)–C–C–N with tert-alkyl or cyclic N) is 1. The summed E-state index contributed by atoms with van der Waals surface area (Å²) >= 11 is 0. The molecule has 5 heteroatoms. The number of likely N-dealkylation sites (tertiary alicyclic amines) is 1. The van der Waals surface area contributed by atoms with E-state index in [9.17, 15) is 4.79 Å². The third-order valence-corrected chi connectivity index (χ3v) is 3.78. The van der Waals surface area contributed by atoms with Gasteiger partial charge in [0.05, 0.1) is 6.61 Å². The van der Waals surface area contributed by atoms with Gasteiger partial charge < -0.3 is 20.2 Å². The van der Waals surface area contributed by atoms with E-state index in [2.05, 4.69) is 10.2 Å². The van der Waals surface area contributed by atoms with Crippen molar-refractivity contribution in [3.8, 4) is 0 Å². The van der Waals surface area contributed by atoms with Crippen LogP contribution in [-0.2, 0) is 4.79 Å². The highest BCUT2D eigenvalue weighted by Gasteiger charge is 2.28. The molecular formula is C12H23N3O2. The molecule has 2 N–H and O–H groups in total. The van der Waals surface area contributed by atoms with Crippen molar-refractivity contribution in [3.05, 3.63) is 0 Å². The minimum Gasteiger partial charge on any atom is -0.395 e. The molecule has 0 aromatic rings. The van der Waals surface area contributed by atoms with Crippen molar-refractivity contribution < 1.29 is 9.90 Å². The Hall–Kier alpha value is -0.650. The third-order valence-electron chi connectivity index (χ3n) is 3.78. The predicted molar refractivity (Wildman–Crippen MR) is 65.7 cm³/mol. The first-order chi connectivity index (χ1) is 8.31. The lowest BCUT2D eigenvalue weighted by Crippen LogP contribution is -2.50. The van der Waals surface area contributed by atoms with E-state index in [1.165, 1.54) is 0 Å². The Labute approximate surface area is 103 Å². The van der Waals surface area contributed by atoms with Crippen LogP contribution in [0.4, 0.5) is 0 Å². The fraction of sp³-hybridized carbons (Fsp3) is 0.917. The Kier molecular flexibility index (Phi) is 4.76. The first kappa shape index (κ1) is 12.8. The van der Waals surface area contributed by atoms with Gasteiger partial charge in [-0.25, -0.2) is 0 Å². The first-order valence-electron chi connectivity index (χ1n) is 6.64. The molecule has 2 aliphatic rings.